The lowest BCUT2D eigenvalue weighted by molar-refractivity contribution is -0.118. The van der Waals surface area contributed by atoms with Crippen molar-refractivity contribution < 1.29 is 14.3 Å². The fourth-order valence-electron chi connectivity index (χ4n) is 2.42. The van der Waals surface area contributed by atoms with Crippen LogP contribution >= 0.6 is 11.3 Å². The first kappa shape index (κ1) is 17.9. The minimum absolute atomic E-state index is 0.0916. The number of rotatable bonds is 6. The van der Waals surface area contributed by atoms with Gasteiger partial charge >= 0.3 is 0 Å². The Balaban J connectivity index is 1.62. The van der Waals surface area contributed by atoms with Crippen LogP contribution in [0.5, 0.6) is 11.5 Å². The molecule has 0 fully saturated rings. The maximum absolute atomic E-state index is 12.1. The van der Waals surface area contributed by atoms with Gasteiger partial charge in [-0.05, 0) is 26.0 Å². The number of aromatic nitrogens is 1. The molecular weight excluding hydrogens is 348 g/mol. The summed E-state index contributed by atoms with van der Waals surface area (Å²) in [5.74, 6) is 1.01. The maximum Gasteiger partial charge on any atom is 0.264 e. The van der Waals surface area contributed by atoms with Crippen molar-refractivity contribution in [2.24, 2.45) is 0 Å². The molecule has 134 valence electrons. The lowest BCUT2D eigenvalue weighted by Gasteiger charge is -2.07. The third kappa shape index (κ3) is 4.40. The summed E-state index contributed by atoms with van der Waals surface area (Å²) in [5.41, 5.74) is 3.13. The van der Waals surface area contributed by atoms with E-state index in [4.69, 9.17) is 9.47 Å². The number of benzene rings is 2. The number of carbonyl (C=O) groups is 1. The van der Waals surface area contributed by atoms with E-state index < -0.39 is 0 Å². The highest BCUT2D eigenvalue weighted by Gasteiger charge is 2.12. The molecule has 1 amide bonds. The first-order valence-electron chi connectivity index (χ1n) is 8.16. The second kappa shape index (κ2) is 8.01. The molecule has 0 saturated carbocycles. The molecule has 5 nitrogen and oxygen atoms in total. The highest BCUT2D eigenvalue weighted by molar-refractivity contribution is 7.16. The number of methoxy groups -OCH3 is 1. The second-order valence-corrected chi connectivity index (χ2v) is 7.01. The van der Waals surface area contributed by atoms with Crippen LogP contribution in [0.3, 0.4) is 0 Å². The van der Waals surface area contributed by atoms with E-state index in [2.05, 4.69) is 10.3 Å². The smallest absolute Gasteiger partial charge is 0.264 e. The van der Waals surface area contributed by atoms with Crippen LogP contribution in [-0.2, 0) is 4.79 Å². The highest BCUT2D eigenvalue weighted by atomic mass is 32.1. The molecule has 1 N–H and O–H groups in total. The van der Waals surface area contributed by atoms with E-state index >= 15 is 0 Å². The van der Waals surface area contributed by atoms with E-state index in [0.29, 0.717) is 16.6 Å². The summed E-state index contributed by atoms with van der Waals surface area (Å²) in [6.07, 6.45) is 0. The van der Waals surface area contributed by atoms with Gasteiger partial charge in [0.2, 0.25) is 0 Å². The Labute approximate surface area is 156 Å². The van der Waals surface area contributed by atoms with Crippen LogP contribution in [0.25, 0.3) is 11.3 Å². The zero-order chi connectivity index (χ0) is 18.5. The number of aryl methyl sites for hydroxylation is 2. The molecule has 0 saturated heterocycles. The quantitative estimate of drug-likeness (QED) is 0.698. The van der Waals surface area contributed by atoms with Crippen molar-refractivity contribution in [1.82, 2.24) is 4.98 Å². The number of thiazole rings is 1. The van der Waals surface area contributed by atoms with Gasteiger partial charge in [-0.1, -0.05) is 35.9 Å². The van der Waals surface area contributed by atoms with Gasteiger partial charge in [-0.15, -0.1) is 11.3 Å². The SMILES string of the molecule is COc1cccc(OCC(=O)Nc2nc(-c3ccc(C)cc3)c(C)s2)c1. The molecule has 0 bridgehead atoms. The molecule has 0 radical (unpaired) electrons. The van der Waals surface area contributed by atoms with Crippen LogP contribution in [-0.4, -0.2) is 24.6 Å². The average molecular weight is 368 g/mol. The van der Waals surface area contributed by atoms with E-state index in [9.17, 15) is 4.79 Å². The molecule has 0 aliphatic carbocycles. The Morgan fingerprint density at radius 1 is 1.12 bits per heavy atom. The van der Waals surface area contributed by atoms with E-state index in [1.54, 1.807) is 19.2 Å². The zero-order valence-corrected chi connectivity index (χ0v) is 15.7. The van der Waals surface area contributed by atoms with Crippen LogP contribution in [0.15, 0.2) is 48.5 Å². The van der Waals surface area contributed by atoms with E-state index in [1.165, 1.54) is 16.9 Å². The molecule has 0 unspecified atom stereocenters. The molecule has 6 heteroatoms. The Morgan fingerprint density at radius 3 is 2.58 bits per heavy atom. The maximum atomic E-state index is 12.1. The second-order valence-electron chi connectivity index (χ2n) is 5.81. The predicted octanol–water partition coefficient (Wildman–Crippen LogP) is 4.45. The van der Waals surface area contributed by atoms with E-state index in [0.717, 1.165) is 16.1 Å². The number of carbonyl (C=O) groups excluding carboxylic acids is 1. The van der Waals surface area contributed by atoms with Gasteiger partial charge < -0.3 is 9.47 Å². The van der Waals surface area contributed by atoms with Crippen molar-refractivity contribution in [2.75, 3.05) is 19.0 Å². The van der Waals surface area contributed by atoms with Crippen LogP contribution in [0, 0.1) is 13.8 Å². The largest absolute Gasteiger partial charge is 0.497 e. The van der Waals surface area contributed by atoms with E-state index in [1.807, 2.05) is 50.2 Å². The molecule has 26 heavy (non-hydrogen) atoms. The lowest BCUT2D eigenvalue weighted by Crippen LogP contribution is -2.20. The van der Waals surface area contributed by atoms with Gasteiger partial charge in [0.25, 0.3) is 5.91 Å². The fourth-order valence-corrected chi connectivity index (χ4v) is 3.28. The summed E-state index contributed by atoms with van der Waals surface area (Å²) >= 11 is 1.45. The molecule has 0 atom stereocenters. The fraction of sp³-hybridized carbons (Fsp3) is 0.200. The van der Waals surface area contributed by atoms with Crippen LogP contribution in [0.1, 0.15) is 10.4 Å². The van der Waals surface area contributed by atoms with Crippen molar-refractivity contribution >= 4 is 22.4 Å². The number of nitrogens with one attached hydrogen (secondary N) is 1. The summed E-state index contributed by atoms with van der Waals surface area (Å²) in [6.45, 7) is 3.95. The Hall–Kier alpha value is -2.86. The standard InChI is InChI=1S/C20H20N2O3S/c1-13-7-9-15(10-8-13)19-14(2)26-20(22-19)21-18(23)12-25-17-6-4-5-16(11-17)24-3/h4-11H,12H2,1-3H3,(H,21,22,23). The third-order valence-electron chi connectivity index (χ3n) is 3.78. The van der Waals surface area contributed by atoms with Gasteiger partial charge in [-0.2, -0.15) is 0 Å². The summed E-state index contributed by atoms with van der Waals surface area (Å²) in [7, 11) is 1.59. The summed E-state index contributed by atoms with van der Waals surface area (Å²) in [5, 5.41) is 3.36. The molecular formula is C20H20N2O3S. The third-order valence-corrected chi connectivity index (χ3v) is 4.67. The predicted molar refractivity (Wildman–Crippen MR) is 104 cm³/mol. The first-order chi connectivity index (χ1) is 12.5. The molecule has 2 aromatic carbocycles. The summed E-state index contributed by atoms with van der Waals surface area (Å²) in [6, 6.07) is 15.3. The summed E-state index contributed by atoms with van der Waals surface area (Å²) in [4.78, 5) is 17.7. The zero-order valence-electron chi connectivity index (χ0n) is 14.9. The van der Waals surface area contributed by atoms with Gasteiger partial charge in [-0.3, -0.25) is 10.1 Å². The molecule has 0 aliphatic heterocycles. The number of anilines is 1. The van der Waals surface area contributed by atoms with Crippen molar-refractivity contribution in [3.63, 3.8) is 0 Å². The topological polar surface area (TPSA) is 60.5 Å². The minimum Gasteiger partial charge on any atom is -0.497 e. The minimum atomic E-state index is -0.253. The van der Waals surface area contributed by atoms with Crippen LogP contribution in [0.2, 0.25) is 0 Å². The van der Waals surface area contributed by atoms with Crippen molar-refractivity contribution in [1.29, 1.82) is 0 Å². The van der Waals surface area contributed by atoms with Crippen molar-refractivity contribution in [2.45, 2.75) is 13.8 Å². The Morgan fingerprint density at radius 2 is 1.85 bits per heavy atom. The van der Waals surface area contributed by atoms with Gasteiger partial charge in [0.05, 0.1) is 12.8 Å². The van der Waals surface area contributed by atoms with Crippen molar-refractivity contribution in [3.05, 3.63) is 59.0 Å². The number of ether oxygens (including phenoxy) is 2. The first-order valence-corrected chi connectivity index (χ1v) is 8.98. The lowest BCUT2D eigenvalue weighted by atomic mass is 10.1. The van der Waals surface area contributed by atoms with Gasteiger partial charge in [0.15, 0.2) is 11.7 Å². The number of hydrogen-bond donors (Lipinski definition) is 1. The van der Waals surface area contributed by atoms with E-state index in [-0.39, 0.29) is 12.5 Å². The molecule has 3 rings (SSSR count). The van der Waals surface area contributed by atoms with Crippen LogP contribution < -0.4 is 14.8 Å². The highest BCUT2D eigenvalue weighted by Crippen LogP contribution is 2.30. The molecule has 0 spiro atoms. The van der Waals surface area contributed by atoms with Gasteiger partial charge in [0, 0.05) is 16.5 Å². The number of amides is 1. The normalized spacial score (nSPS) is 10.4. The Kier molecular flexibility index (Phi) is 5.53. The number of hydrogen-bond acceptors (Lipinski definition) is 5. The summed E-state index contributed by atoms with van der Waals surface area (Å²) < 4.78 is 10.6. The molecule has 1 heterocycles. The van der Waals surface area contributed by atoms with Gasteiger partial charge in [-0.25, -0.2) is 4.98 Å². The molecule has 1 aromatic heterocycles. The number of nitrogens with zero attached hydrogens (tertiary/aromatic N) is 1. The Bertz CT molecular complexity index is 904. The molecule has 0 aliphatic rings. The van der Waals surface area contributed by atoms with Crippen molar-refractivity contribution in [3.8, 4) is 22.8 Å². The van der Waals surface area contributed by atoms with Crippen LogP contribution in [0.4, 0.5) is 5.13 Å². The average Bonchev–Trinajstić information content (AvgIpc) is 3.01. The van der Waals surface area contributed by atoms with Gasteiger partial charge in [0.1, 0.15) is 11.5 Å². The molecule has 3 aromatic rings. The monoisotopic (exact) mass is 368 g/mol.